The largest absolute Gasteiger partial charge is 0.292 e. The molecular weight excluding hydrogens is 280 g/mol. The first-order valence-electron chi connectivity index (χ1n) is 7.51. The molecular formula is C16H18N4O2. The van der Waals surface area contributed by atoms with Gasteiger partial charge in [-0.15, -0.1) is 0 Å². The van der Waals surface area contributed by atoms with Gasteiger partial charge in [0.15, 0.2) is 5.69 Å². The Balaban J connectivity index is 1.88. The molecule has 0 spiro atoms. The molecule has 114 valence electrons. The number of hydrogen-bond donors (Lipinski definition) is 2. The number of carbonyl (C=O) groups excluding carboxylic acids is 1. The highest BCUT2D eigenvalue weighted by molar-refractivity contribution is 6.05. The lowest BCUT2D eigenvalue weighted by atomic mass is 9.89. The maximum atomic E-state index is 12.3. The molecule has 1 amide bonds. The molecule has 0 bridgehead atoms. The van der Waals surface area contributed by atoms with Crippen molar-refractivity contribution in [3.63, 3.8) is 0 Å². The predicted molar refractivity (Wildman–Crippen MR) is 84.9 cm³/mol. The SMILES string of the molecule is C[C@@H]1CCCC/C1=N/NC(=O)c1n[nH]c(=O)c2ccccc12. The van der Waals surface area contributed by atoms with Gasteiger partial charge in [0, 0.05) is 11.1 Å². The molecule has 0 radical (unpaired) electrons. The second kappa shape index (κ2) is 6.09. The summed E-state index contributed by atoms with van der Waals surface area (Å²) in [7, 11) is 0. The molecule has 6 nitrogen and oxygen atoms in total. The molecule has 1 aliphatic carbocycles. The van der Waals surface area contributed by atoms with E-state index in [9.17, 15) is 9.59 Å². The predicted octanol–water partition coefficient (Wildman–Crippen LogP) is 2.22. The van der Waals surface area contributed by atoms with Gasteiger partial charge in [-0.25, -0.2) is 10.5 Å². The molecule has 1 aromatic carbocycles. The molecule has 0 saturated heterocycles. The van der Waals surface area contributed by atoms with Crippen LogP contribution in [0.1, 0.15) is 43.1 Å². The van der Waals surface area contributed by atoms with E-state index in [0.717, 1.165) is 25.0 Å². The van der Waals surface area contributed by atoms with Crippen molar-refractivity contribution in [2.24, 2.45) is 11.0 Å². The van der Waals surface area contributed by atoms with Crippen molar-refractivity contribution < 1.29 is 4.79 Å². The van der Waals surface area contributed by atoms with Gasteiger partial charge in [0.2, 0.25) is 0 Å². The number of amides is 1. The lowest BCUT2D eigenvalue weighted by Gasteiger charge is -2.19. The number of hydrazone groups is 1. The Morgan fingerprint density at radius 2 is 2.09 bits per heavy atom. The molecule has 6 heteroatoms. The molecule has 2 N–H and O–H groups in total. The van der Waals surface area contributed by atoms with E-state index in [1.165, 1.54) is 6.42 Å². The Labute approximate surface area is 127 Å². The Morgan fingerprint density at radius 3 is 2.86 bits per heavy atom. The molecule has 3 rings (SSSR count). The van der Waals surface area contributed by atoms with Gasteiger partial charge >= 0.3 is 0 Å². The zero-order valence-corrected chi connectivity index (χ0v) is 12.4. The van der Waals surface area contributed by atoms with Crippen molar-refractivity contribution in [1.82, 2.24) is 15.6 Å². The minimum Gasteiger partial charge on any atom is -0.267 e. The average Bonchev–Trinajstić information content (AvgIpc) is 2.54. The summed E-state index contributed by atoms with van der Waals surface area (Å²) in [5, 5.41) is 11.5. The van der Waals surface area contributed by atoms with Gasteiger partial charge in [-0.1, -0.05) is 31.5 Å². The Hall–Kier alpha value is -2.50. The van der Waals surface area contributed by atoms with E-state index >= 15 is 0 Å². The number of aromatic amines is 1. The first-order valence-corrected chi connectivity index (χ1v) is 7.51. The number of nitrogens with one attached hydrogen (secondary N) is 2. The quantitative estimate of drug-likeness (QED) is 0.833. The molecule has 1 heterocycles. The summed E-state index contributed by atoms with van der Waals surface area (Å²) in [6.07, 6.45) is 4.34. The number of nitrogens with zero attached hydrogens (tertiary/aromatic N) is 2. The first-order chi connectivity index (χ1) is 10.7. The number of rotatable bonds is 2. The molecule has 1 saturated carbocycles. The van der Waals surface area contributed by atoms with E-state index in [0.29, 0.717) is 16.7 Å². The highest BCUT2D eigenvalue weighted by Crippen LogP contribution is 2.20. The molecule has 0 aliphatic heterocycles. The first kappa shape index (κ1) is 14.4. The summed E-state index contributed by atoms with van der Waals surface area (Å²) in [5.74, 6) is -0.00735. The van der Waals surface area contributed by atoms with Crippen LogP contribution in [0.4, 0.5) is 0 Å². The van der Waals surface area contributed by atoms with Crippen molar-refractivity contribution in [2.45, 2.75) is 32.6 Å². The van der Waals surface area contributed by atoms with E-state index in [4.69, 9.17) is 0 Å². The molecule has 22 heavy (non-hydrogen) atoms. The van der Waals surface area contributed by atoms with Gasteiger partial charge in [0.25, 0.3) is 11.5 Å². The van der Waals surface area contributed by atoms with Crippen molar-refractivity contribution in [3.8, 4) is 0 Å². The Kier molecular flexibility index (Phi) is 4.00. The van der Waals surface area contributed by atoms with Crippen LogP contribution in [0.15, 0.2) is 34.2 Å². The summed E-state index contributed by atoms with van der Waals surface area (Å²) in [6.45, 7) is 2.12. The topological polar surface area (TPSA) is 87.2 Å². The highest BCUT2D eigenvalue weighted by Gasteiger charge is 2.17. The van der Waals surface area contributed by atoms with Crippen LogP contribution in [0.2, 0.25) is 0 Å². The summed E-state index contributed by atoms with van der Waals surface area (Å²) < 4.78 is 0. The van der Waals surface area contributed by atoms with Gasteiger partial charge in [-0.2, -0.15) is 10.2 Å². The van der Waals surface area contributed by atoms with Gasteiger partial charge in [-0.05, 0) is 31.2 Å². The second-order valence-corrected chi connectivity index (χ2v) is 5.64. The minimum atomic E-state index is -0.405. The molecule has 0 unspecified atom stereocenters. The fourth-order valence-corrected chi connectivity index (χ4v) is 2.80. The van der Waals surface area contributed by atoms with E-state index < -0.39 is 5.91 Å². The summed E-state index contributed by atoms with van der Waals surface area (Å²) in [5.41, 5.74) is 3.47. The third-order valence-electron chi connectivity index (χ3n) is 4.10. The molecule has 1 aromatic heterocycles. The van der Waals surface area contributed by atoms with E-state index in [1.54, 1.807) is 24.3 Å². The highest BCUT2D eigenvalue weighted by atomic mass is 16.2. The minimum absolute atomic E-state index is 0.183. The molecule has 1 atom stereocenters. The van der Waals surface area contributed by atoms with Crippen LogP contribution in [0.5, 0.6) is 0 Å². The lowest BCUT2D eigenvalue weighted by molar-refractivity contribution is 0.0950. The molecule has 1 aliphatic rings. The number of H-pyrrole nitrogens is 1. The maximum Gasteiger partial charge on any atom is 0.292 e. The van der Waals surface area contributed by atoms with Crippen LogP contribution in [0.3, 0.4) is 0 Å². The van der Waals surface area contributed by atoms with E-state index in [2.05, 4.69) is 27.6 Å². The number of aromatic nitrogens is 2. The molecule has 1 fully saturated rings. The third-order valence-corrected chi connectivity index (χ3v) is 4.10. The van der Waals surface area contributed by atoms with Crippen molar-refractivity contribution >= 4 is 22.4 Å². The average molecular weight is 298 g/mol. The zero-order chi connectivity index (χ0) is 15.5. The van der Waals surface area contributed by atoms with Gasteiger partial charge in [0.05, 0.1) is 5.39 Å². The normalized spacial score (nSPS) is 20.2. The van der Waals surface area contributed by atoms with Crippen LogP contribution < -0.4 is 11.0 Å². The van der Waals surface area contributed by atoms with Crippen LogP contribution >= 0.6 is 0 Å². The summed E-state index contributed by atoms with van der Waals surface area (Å²) in [4.78, 5) is 24.0. The van der Waals surface area contributed by atoms with E-state index in [-0.39, 0.29) is 11.3 Å². The Morgan fingerprint density at radius 1 is 1.32 bits per heavy atom. The van der Waals surface area contributed by atoms with Crippen LogP contribution in [-0.2, 0) is 0 Å². The van der Waals surface area contributed by atoms with Gasteiger partial charge in [0.1, 0.15) is 0 Å². The fourth-order valence-electron chi connectivity index (χ4n) is 2.80. The second-order valence-electron chi connectivity index (χ2n) is 5.64. The monoisotopic (exact) mass is 298 g/mol. The van der Waals surface area contributed by atoms with Gasteiger partial charge in [-0.3, -0.25) is 9.59 Å². The molecule has 2 aromatic rings. The fraction of sp³-hybridized carbons (Fsp3) is 0.375. The number of fused-ring (bicyclic) bond motifs is 1. The standard InChI is InChI=1S/C16H18N4O2/c1-10-6-2-5-9-13(10)17-20-16(22)14-11-7-3-4-8-12(11)15(21)19-18-14/h3-4,7-8,10H,2,5-6,9H2,1H3,(H,19,21)(H,20,22)/b17-13-/t10-/m1/s1. The maximum absolute atomic E-state index is 12.3. The zero-order valence-electron chi connectivity index (χ0n) is 12.4. The lowest BCUT2D eigenvalue weighted by Crippen LogP contribution is -2.26. The van der Waals surface area contributed by atoms with E-state index in [1.807, 2.05) is 0 Å². The number of carbonyl (C=O) groups is 1. The summed E-state index contributed by atoms with van der Waals surface area (Å²) in [6, 6.07) is 6.91. The Bertz CT molecular complexity index is 794. The van der Waals surface area contributed by atoms with Crippen LogP contribution in [0.25, 0.3) is 10.8 Å². The smallest absolute Gasteiger partial charge is 0.267 e. The third kappa shape index (κ3) is 2.77. The van der Waals surface area contributed by atoms with Crippen LogP contribution in [0, 0.1) is 5.92 Å². The number of benzene rings is 1. The van der Waals surface area contributed by atoms with Crippen molar-refractivity contribution in [1.29, 1.82) is 0 Å². The number of hydrogen-bond acceptors (Lipinski definition) is 4. The van der Waals surface area contributed by atoms with Crippen LogP contribution in [-0.4, -0.2) is 21.8 Å². The van der Waals surface area contributed by atoms with Crippen molar-refractivity contribution in [3.05, 3.63) is 40.3 Å². The van der Waals surface area contributed by atoms with Gasteiger partial charge < -0.3 is 0 Å². The van der Waals surface area contributed by atoms with Crippen molar-refractivity contribution in [2.75, 3.05) is 0 Å². The summed E-state index contributed by atoms with van der Waals surface area (Å²) >= 11 is 0.